The second-order valence-electron chi connectivity index (χ2n) is 13.1. The first-order valence-corrected chi connectivity index (χ1v) is 21.5. The summed E-state index contributed by atoms with van der Waals surface area (Å²) in [5, 5.41) is 18.3. The van der Waals surface area contributed by atoms with E-state index in [-0.39, 0.29) is 60.9 Å². The lowest BCUT2D eigenvalue weighted by Crippen LogP contribution is -2.29. The highest BCUT2D eigenvalue weighted by atomic mass is 35.5. The van der Waals surface area contributed by atoms with Crippen molar-refractivity contribution in [2.24, 2.45) is 7.05 Å². The van der Waals surface area contributed by atoms with E-state index >= 15 is 0 Å². The number of fused-ring (bicyclic) bond motifs is 2. The number of hydrogen-bond acceptors (Lipinski definition) is 17. The SMILES string of the molecule is Cn1c(=O)c(C(=O)c2ccccc2)c2c3c(c(Nc4cc(Nc5nc(Cl)nc(Oc6ccc(S(=O)(=O)O)cc6)n5)c(S(=O)(=O)O)cc4SOOO)ccc31)C(=O)c1ccccc1-2. The summed E-state index contributed by atoms with van der Waals surface area (Å²) in [6.07, 6.45) is 0. The zero-order chi connectivity index (χ0) is 44.1. The monoisotopic (exact) mass is 916 g/mol. The van der Waals surface area contributed by atoms with Gasteiger partial charge in [-0.25, -0.2) is 5.26 Å². The number of carbonyl (C=O) groups excluding carboxylic acids is 2. The van der Waals surface area contributed by atoms with Gasteiger partial charge in [0.1, 0.15) is 10.6 Å². The van der Waals surface area contributed by atoms with Gasteiger partial charge in [-0.2, -0.15) is 31.8 Å². The molecule has 0 radical (unpaired) electrons. The van der Waals surface area contributed by atoms with Gasteiger partial charge in [-0.15, -0.1) is 4.33 Å². The number of aromatic nitrogens is 4. The number of nitrogens with zero attached hydrogens (tertiary/aromatic N) is 4. The molecule has 5 N–H and O–H groups in total. The molecule has 0 atom stereocenters. The first-order valence-electron chi connectivity index (χ1n) is 17.5. The van der Waals surface area contributed by atoms with E-state index in [9.17, 15) is 40.3 Å². The van der Waals surface area contributed by atoms with E-state index in [1.807, 2.05) is 0 Å². The van der Waals surface area contributed by atoms with E-state index < -0.39 is 64.4 Å². The van der Waals surface area contributed by atoms with E-state index in [0.717, 1.165) is 24.3 Å². The average molecular weight is 917 g/mol. The summed E-state index contributed by atoms with van der Waals surface area (Å²) in [5.74, 6) is -1.49. The number of anilines is 4. The summed E-state index contributed by atoms with van der Waals surface area (Å²) >= 11 is 6.45. The standard InChI is InChI=1S/C39H25ClN6O13S3/c1-46-27-16-15-24(31-32(27)30(22-9-5-6-10-23(22)35(31)48)33(36(46)49)34(47)19-7-3-2-4-8-19)41-25-17-26(29(62(54,55)56)18-28(25)60-59-58-50)42-38-43-37(40)44-39(45-38)57-20-11-13-21(14-12-20)61(51,52)53/h2-18,41,50H,1H3,(H,51,52,53)(H,54,55,56)(H,42,43,44,45). The molecule has 0 saturated carbocycles. The first-order chi connectivity index (χ1) is 29.5. The number of nitrogens with one attached hydrogen (secondary N) is 2. The van der Waals surface area contributed by atoms with Crippen molar-refractivity contribution in [3.8, 4) is 22.9 Å². The van der Waals surface area contributed by atoms with Crippen LogP contribution in [0.15, 0.2) is 123 Å². The second kappa shape index (κ2) is 16.4. The average Bonchev–Trinajstić information content (AvgIpc) is 3.23. The number of carbonyl (C=O) groups is 2. The van der Waals surface area contributed by atoms with Crippen molar-refractivity contribution in [3.05, 3.63) is 141 Å². The van der Waals surface area contributed by atoms with Crippen LogP contribution in [0.2, 0.25) is 5.28 Å². The van der Waals surface area contributed by atoms with Gasteiger partial charge in [-0.1, -0.05) is 59.6 Å². The molecule has 0 saturated heterocycles. The molecule has 23 heteroatoms. The maximum Gasteiger partial charge on any atom is 0.328 e. The van der Waals surface area contributed by atoms with Gasteiger partial charge in [0, 0.05) is 29.1 Å². The smallest absolute Gasteiger partial charge is 0.328 e. The molecule has 314 valence electrons. The van der Waals surface area contributed by atoms with E-state index in [1.165, 1.54) is 29.8 Å². The molecule has 7 aromatic rings. The predicted octanol–water partition coefficient (Wildman–Crippen LogP) is 7.02. The number of benzene rings is 5. The van der Waals surface area contributed by atoms with Gasteiger partial charge in [-0.3, -0.25) is 23.5 Å². The molecule has 2 heterocycles. The summed E-state index contributed by atoms with van der Waals surface area (Å²) in [6.45, 7) is 0. The fraction of sp³-hybridized carbons (Fsp3) is 0.0256. The maximum atomic E-state index is 14.6. The highest BCUT2D eigenvalue weighted by Crippen LogP contribution is 2.45. The Labute approximate surface area is 358 Å². The van der Waals surface area contributed by atoms with E-state index in [0.29, 0.717) is 23.1 Å². The lowest BCUT2D eigenvalue weighted by atomic mass is 9.80. The van der Waals surface area contributed by atoms with Crippen LogP contribution in [0.3, 0.4) is 0 Å². The number of ether oxygens (including phenoxy) is 1. The van der Waals surface area contributed by atoms with Gasteiger partial charge in [-0.05, 0) is 65.7 Å². The van der Waals surface area contributed by atoms with Gasteiger partial charge in [0.25, 0.3) is 25.8 Å². The molecule has 0 fully saturated rings. The zero-order valence-corrected chi connectivity index (χ0v) is 34.3. The molecule has 1 aliphatic carbocycles. The minimum Gasteiger partial charge on any atom is -0.424 e. The van der Waals surface area contributed by atoms with Crippen LogP contribution in [0.5, 0.6) is 11.8 Å². The van der Waals surface area contributed by atoms with Gasteiger partial charge >= 0.3 is 6.01 Å². The Morgan fingerprint density at radius 1 is 0.774 bits per heavy atom. The molecule has 8 rings (SSSR count). The maximum absolute atomic E-state index is 14.6. The number of hydrogen-bond donors (Lipinski definition) is 5. The van der Waals surface area contributed by atoms with Crippen molar-refractivity contribution in [3.63, 3.8) is 0 Å². The molecule has 2 aromatic heterocycles. The van der Waals surface area contributed by atoms with Crippen molar-refractivity contribution in [1.82, 2.24) is 19.5 Å². The van der Waals surface area contributed by atoms with E-state index in [1.54, 1.807) is 60.7 Å². The van der Waals surface area contributed by atoms with Crippen molar-refractivity contribution >= 4 is 89.4 Å². The number of rotatable bonds is 13. The largest absolute Gasteiger partial charge is 0.424 e. The van der Waals surface area contributed by atoms with Crippen LogP contribution in [-0.2, 0) is 36.7 Å². The quantitative estimate of drug-likeness (QED) is 0.0255. The lowest BCUT2D eigenvalue weighted by Gasteiger charge is -2.26. The second-order valence-corrected chi connectivity index (χ2v) is 17.0. The molecule has 5 aromatic carbocycles. The molecular weight excluding hydrogens is 892 g/mol. The van der Waals surface area contributed by atoms with Crippen LogP contribution < -0.4 is 20.9 Å². The van der Waals surface area contributed by atoms with Crippen molar-refractivity contribution in [2.75, 3.05) is 10.6 Å². The molecule has 0 aliphatic heterocycles. The topological polar surface area (TPSA) is 276 Å². The minimum absolute atomic E-state index is 0.000458. The molecule has 0 unspecified atom stereocenters. The summed E-state index contributed by atoms with van der Waals surface area (Å²) < 4.78 is 79.7. The van der Waals surface area contributed by atoms with Crippen molar-refractivity contribution in [2.45, 2.75) is 14.7 Å². The fourth-order valence-electron chi connectivity index (χ4n) is 6.80. The fourth-order valence-corrected chi connectivity index (χ4v) is 8.63. The number of aryl methyl sites for hydroxylation is 1. The molecule has 19 nitrogen and oxygen atoms in total. The van der Waals surface area contributed by atoms with Crippen LogP contribution in [0.4, 0.5) is 23.0 Å². The highest BCUT2D eigenvalue weighted by Gasteiger charge is 2.34. The molecule has 0 amide bonds. The molecular formula is C39H25ClN6O13S3. The Morgan fingerprint density at radius 3 is 2.15 bits per heavy atom. The lowest BCUT2D eigenvalue weighted by molar-refractivity contribution is -0.432. The van der Waals surface area contributed by atoms with Gasteiger partial charge in [0.05, 0.1) is 55.5 Å². The van der Waals surface area contributed by atoms with Crippen molar-refractivity contribution in [1.29, 1.82) is 0 Å². The third kappa shape index (κ3) is 8.00. The Balaban J connectivity index is 1.27. The highest BCUT2D eigenvalue weighted by molar-refractivity contribution is 7.94. The van der Waals surface area contributed by atoms with Crippen LogP contribution in [0.25, 0.3) is 22.0 Å². The minimum atomic E-state index is -5.09. The Kier molecular flexibility index (Phi) is 11.1. The van der Waals surface area contributed by atoms with E-state index in [4.69, 9.17) is 21.6 Å². The normalized spacial score (nSPS) is 12.2. The first kappa shape index (κ1) is 42.1. The van der Waals surface area contributed by atoms with Gasteiger partial charge in [0.2, 0.25) is 11.2 Å². The van der Waals surface area contributed by atoms with Crippen LogP contribution >= 0.6 is 23.6 Å². The third-order valence-electron chi connectivity index (χ3n) is 9.44. The van der Waals surface area contributed by atoms with Gasteiger partial charge in [0.15, 0.2) is 11.6 Å². The summed E-state index contributed by atoms with van der Waals surface area (Å²) in [4.78, 5) is 53.4. The van der Waals surface area contributed by atoms with Gasteiger partial charge < -0.3 is 19.9 Å². The third-order valence-corrected chi connectivity index (χ3v) is 12.0. The number of ketones is 2. The molecule has 1 aliphatic rings. The predicted molar refractivity (Wildman–Crippen MR) is 223 cm³/mol. The molecule has 0 bridgehead atoms. The number of halogens is 1. The summed E-state index contributed by atoms with van der Waals surface area (Å²) in [6, 6.07) is 23.8. The van der Waals surface area contributed by atoms with Crippen LogP contribution in [0, 0.1) is 0 Å². The van der Waals surface area contributed by atoms with E-state index in [2.05, 4.69) is 35.0 Å². The number of pyridine rings is 1. The van der Waals surface area contributed by atoms with Crippen LogP contribution in [-0.4, -0.2) is 62.3 Å². The Morgan fingerprint density at radius 2 is 1.47 bits per heavy atom. The molecule has 62 heavy (non-hydrogen) atoms. The summed E-state index contributed by atoms with van der Waals surface area (Å²) in [5.41, 5.74) is 0.250. The molecule has 0 spiro atoms. The van der Waals surface area contributed by atoms with Crippen molar-refractivity contribution < 1.29 is 54.9 Å². The zero-order valence-electron chi connectivity index (χ0n) is 31.1. The summed E-state index contributed by atoms with van der Waals surface area (Å²) in [7, 11) is -8.12. The Hall–Kier alpha value is -6.60. The Bertz CT molecular complexity index is 3300. The van der Waals surface area contributed by atoms with Crippen LogP contribution in [0.1, 0.15) is 31.8 Å².